The van der Waals surface area contributed by atoms with Crippen molar-refractivity contribution in [1.29, 1.82) is 0 Å². The molecule has 0 unspecified atom stereocenters. The number of hydrogen-bond donors (Lipinski definition) is 2. The molecule has 0 spiro atoms. The van der Waals surface area contributed by atoms with Crippen molar-refractivity contribution in [2.75, 3.05) is 7.11 Å². The molecule has 0 heterocycles. The summed E-state index contributed by atoms with van der Waals surface area (Å²) < 4.78 is 5.45. The number of ketones is 1. The van der Waals surface area contributed by atoms with Crippen LogP contribution in [0.5, 0.6) is 17.2 Å². The third-order valence-electron chi connectivity index (χ3n) is 4.79. The van der Waals surface area contributed by atoms with Gasteiger partial charge in [-0.15, -0.1) is 0 Å². The molecular weight excluding hydrogens is 392 g/mol. The zero-order valence-corrected chi connectivity index (χ0v) is 17.2. The number of benzene rings is 3. The number of allylic oxidation sites excluding steroid dienone is 1. The maximum Gasteiger partial charge on any atom is 0.204 e. The number of rotatable bonds is 9. The minimum atomic E-state index is -0.226. The normalized spacial score (nSPS) is 10.1. The lowest BCUT2D eigenvalue weighted by molar-refractivity contribution is -0.697. The third kappa shape index (κ3) is 4.55. The van der Waals surface area contributed by atoms with Crippen LogP contribution in [0.25, 0.3) is 11.1 Å². The van der Waals surface area contributed by atoms with Gasteiger partial charge in [0.25, 0.3) is 0 Å². The van der Waals surface area contributed by atoms with E-state index in [1.807, 2.05) is 12.1 Å². The van der Waals surface area contributed by atoms with Gasteiger partial charge < -0.3 is 9.57 Å². The molecule has 0 aliphatic heterocycles. The fraction of sp³-hybridized carbons (Fsp3) is 0.0400. The lowest BCUT2D eigenvalue weighted by Crippen LogP contribution is -2.68. The highest BCUT2D eigenvalue weighted by Gasteiger charge is 2.17. The van der Waals surface area contributed by atoms with Gasteiger partial charge in [-0.25, -0.2) is 4.84 Å². The van der Waals surface area contributed by atoms with Gasteiger partial charge in [-0.1, -0.05) is 55.6 Å². The predicted molar refractivity (Wildman–Crippen MR) is 121 cm³/mol. The maximum absolute atomic E-state index is 12.9. The Morgan fingerprint density at radius 3 is 2.23 bits per heavy atom. The van der Waals surface area contributed by atoms with Crippen LogP contribution in [0.4, 0.5) is 0 Å². The summed E-state index contributed by atoms with van der Waals surface area (Å²) in [5.74, 6) is 6.67. The van der Waals surface area contributed by atoms with Crippen molar-refractivity contribution in [2.24, 2.45) is 5.90 Å². The monoisotopic (exact) mass is 415 g/mol. The number of nitrogens with two attached hydrogens (primary N) is 1. The topological polar surface area (TPSA) is 84.8 Å². The number of para-hydroxylation sites is 1. The summed E-state index contributed by atoms with van der Waals surface area (Å²) in [4.78, 5) is 23.0. The summed E-state index contributed by atoms with van der Waals surface area (Å²) in [7, 11) is 1.59. The summed E-state index contributed by atoms with van der Waals surface area (Å²) in [6.45, 7) is 11.6. The van der Waals surface area contributed by atoms with Crippen molar-refractivity contribution < 1.29 is 24.4 Å². The first-order valence-corrected chi connectivity index (χ1v) is 9.36. The Bertz CT molecular complexity index is 1150. The summed E-state index contributed by atoms with van der Waals surface area (Å²) in [5, 5.41) is 2.40. The van der Waals surface area contributed by atoms with Crippen LogP contribution in [0.15, 0.2) is 79.9 Å². The van der Waals surface area contributed by atoms with Gasteiger partial charge in [-0.2, -0.15) is 5.90 Å². The molecule has 0 fully saturated rings. The fourth-order valence-corrected chi connectivity index (χ4v) is 3.16. The molecule has 0 radical (unpaired) electrons. The Morgan fingerprint density at radius 1 is 0.903 bits per heavy atom. The second kappa shape index (κ2) is 9.56. The van der Waals surface area contributed by atoms with Crippen LogP contribution in [-0.2, 0) is 0 Å². The zero-order chi connectivity index (χ0) is 22.4. The molecule has 3 rings (SSSR count). The van der Waals surface area contributed by atoms with Crippen LogP contribution in [-0.4, -0.2) is 19.6 Å². The molecule has 3 N–H and O–H groups in total. The average molecular weight is 415 g/mol. The first-order valence-electron chi connectivity index (χ1n) is 9.36. The number of methoxy groups -OCH3 is 1. The molecule has 0 aliphatic rings. The average Bonchev–Trinajstić information content (AvgIpc) is 2.82. The molecule has 0 bridgehead atoms. The van der Waals surface area contributed by atoms with E-state index < -0.39 is 0 Å². The van der Waals surface area contributed by atoms with Gasteiger partial charge in [0.2, 0.25) is 5.75 Å². The highest BCUT2D eigenvalue weighted by atomic mass is 16.6. The smallest absolute Gasteiger partial charge is 0.204 e. The van der Waals surface area contributed by atoms with E-state index in [9.17, 15) is 4.79 Å². The van der Waals surface area contributed by atoms with E-state index in [1.165, 1.54) is 0 Å². The van der Waals surface area contributed by atoms with Crippen molar-refractivity contribution in [2.45, 2.75) is 0 Å². The molecule has 156 valence electrons. The second-order valence-electron chi connectivity index (χ2n) is 6.59. The van der Waals surface area contributed by atoms with E-state index in [-0.39, 0.29) is 5.78 Å². The van der Waals surface area contributed by atoms with Crippen molar-refractivity contribution in [1.82, 2.24) is 0 Å². The van der Waals surface area contributed by atoms with Gasteiger partial charge in [0.15, 0.2) is 18.3 Å². The molecule has 3 aromatic rings. The molecule has 0 atom stereocenters. The molecule has 0 aliphatic carbocycles. The van der Waals surface area contributed by atoms with E-state index >= 15 is 0 Å². The molecule has 6 nitrogen and oxygen atoms in total. The van der Waals surface area contributed by atoms with Crippen molar-refractivity contribution in [3.8, 4) is 17.2 Å². The summed E-state index contributed by atoms with van der Waals surface area (Å²) in [6.07, 6.45) is 0. The molecule has 31 heavy (non-hydrogen) atoms. The quantitative estimate of drug-likeness (QED) is 0.243. The highest BCUT2D eigenvalue weighted by Crippen LogP contribution is 2.33. The predicted octanol–water partition coefficient (Wildman–Crippen LogP) is 2.98. The summed E-state index contributed by atoms with van der Waals surface area (Å²) in [6, 6.07) is 19.4. The van der Waals surface area contributed by atoms with Gasteiger partial charge in [-0.3, -0.25) is 4.79 Å². The largest absolute Gasteiger partial charge is 0.496 e. The Labute approximate surface area is 180 Å². The third-order valence-corrected chi connectivity index (χ3v) is 4.79. The van der Waals surface area contributed by atoms with Crippen LogP contribution in [0.2, 0.25) is 0 Å². The molecule has 6 heteroatoms. The Morgan fingerprint density at radius 2 is 1.58 bits per heavy atom. The lowest BCUT2D eigenvalue weighted by Gasteiger charge is -2.13. The van der Waals surface area contributed by atoms with Crippen molar-refractivity contribution in [3.05, 3.63) is 102 Å². The Hall–Kier alpha value is -4.16. The number of nitrogens with one attached hydrogen (secondary N) is 1. The molecule has 0 saturated carbocycles. The molecular formula is C25H23N2O4+. The zero-order valence-electron chi connectivity index (χ0n) is 17.2. The first kappa shape index (κ1) is 21.5. The lowest BCUT2D eigenvalue weighted by atomic mass is 9.94. The van der Waals surface area contributed by atoms with E-state index in [0.29, 0.717) is 39.5 Å². The highest BCUT2D eigenvalue weighted by molar-refractivity contribution is 6.28. The number of carbonyl (C=O) groups excluding carboxylic acids is 1. The first-order chi connectivity index (χ1) is 15.0. The van der Waals surface area contributed by atoms with Crippen molar-refractivity contribution in [3.63, 3.8) is 0 Å². The number of hydrogen-bond acceptors (Lipinski definition) is 5. The molecule has 0 amide bonds. The van der Waals surface area contributed by atoms with E-state index in [1.54, 1.807) is 61.7 Å². The second-order valence-corrected chi connectivity index (χ2v) is 6.59. The van der Waals surface area contributed by atoms with Crippen LogP contribution >= 0.6 is 0 Å². The Balaban J connectivity index is 1.87. The van der Waals surface area contributed by atoms with Gasteiger partial charge in [0.1, 0.15) is 5.75 Å². The number of Topliss-reactive ketones (excluding diaryl/α,β-unsaturated/α-hetero) is 1. The van der Waals surface area contributed by atoms with Crippen molar-refractivity contribution >= 4 is 23.6 Å². The molecule has 3 aromatic carbocycles. The van der Waals surface area contributed by atoms with Crippen LogP contribution in [0.3, 0.4) is 0 Å². The van der Waals surface area contributed by atoms with E-state index in [2.05, 4.69) is 25.0 Å². The Kier molecular flexibility index (Phi) is 6.64. The van der Waals surface area contributed by atoms with Gasteiger partial charge in [0.05, 0.1) is 7.11 Å². The van der Waals surface area contributed by atoms with Crippen LogP contribution in [0.1, 0.15) is 27.0 Å². The van der Waals surface area contributed by atoms with Gasteiger partial charge in [-0.05, 0) is 40.6 Å². The van der Waals surface area contributed by atoms with Gasteiger partial charge in [0, 0.05) is 22.3 Å². The summed E-state index contributed by atoms with van der Waals surface area (Å²) >= 11 is 0. The SMILES string of the molecule is C=[NH+]Oc1ccc(OC)c(C(=C)c2ccc(C(=O)C(=C)c3ccccc3ON)cc2)c1. The standard InChI is InChI=1S/C25H22N2O4/c1-16(22-15-20(31-27-3)13-14-23(22)29-4)18-9-11-19(12-10-18)25(28)17(2)21-7-5-6-8-24(21)30-26/h5-15H,1-3,26H2,4H3/p+1. The molecule has 0 saturated heterocycles. The number of carbonyl (C=O) groups is 1. The summed E-state index contributed by atoms with van der Waals surface area (Å²) in [5.41, 5.74) is 3.62. The van der Waals surface area contributed by atoms with E-state index in [4.69, 9.17) is 20.3 Å². The van der Waals surface area contributed by atoms with E-state index in [0.717, 1.165) is 11.1 Å². The maximum atomic E-state index is 12.9. The number of ether oxygens (including phenoxy) is 1. The minimum absolute atomic E-state index is 0.226. The minimum Gasteiger partial charge on any atom is -0.496 e. The fourth-order valence-electron chi connectivity index (χ4n) is 3.16. The van der Waals surface area contributed by atoms with Crippen LogP contribution < -0.4 is 25.5 Å². The van der Waals surface area contributed by atoms with Gasteiger partial charge >= 0.3 is 0 Å². The van der Waals surface area contributed by atoms with Crippen LogP contribution in [0, 0.1) is 0 Å². The molecule has 0 aromatic heterocycles.